The topological polar surface area (TPSA) is 86.8 Å². The maximum absolute atomic E-state index is 12.3. The van der Waals surface area contributed by atoms with Crippen LogP contribution in [0.15, 0.2) is 53.4 Å². The largest absolute Gasteiger partial charge is 0.339 e. The number of carbonyl (C=O) groups excluding carboxylic acids is 4. The number of benzene rings is 2. The van der Waals surface area contributed by atoms with Crippen molar-refractivity contribution in [3.63, 3.8) is 0 Å². The first-order chi connectivity index (χ1) is 13.9. The lowest BCUT2D eigenvalue weighted by Gasteiger charge is -2.15. The monoisotopic (exact) mass is 411 g/mol. The van der Waals surface area contributed by atoms with Gasteiger partial charge in [-0.05, 0) is 42.4 Å². The molecule has 1 N–H and O–H groups in total. The van der Waals surface area contributed by atoms with Crippen LogP contribution in [-0.2, 0) is 4.79 Å². The van der Waals surface area contributed by atoms with E-state index in [9.17, 15) is 19.2 Å². The van der Waals surface area contributed by atoms with Crippen molar-refractivity contribution in [2.75, 3.05) is 26.0 Å². The molecule has 0 bridgehead atoms. The Hall–Kier alpha value is -3.13. The number of rotatable bonds is 6. The molecule has 0 radical (unpaired) electrons. The van der Waals surface area contributed by atoms with Crippen LogP contribution in [0, 0.1) is 0 Å². The van der Waals surface area contributed by atoms with Gasteiger partial charge in [0.15, 0.2) is 0 Å². The van der Waals surface area contributed by atoms with E-state index in [-0.39, 0.29) is 35.9 Å². The fourth-order valence-electron chi connectivity index (χ4n) is 2.90. The standard InChI is InChI=1S/C21H21N3O4S/c1-23(2)21(28)29-17-11-6-5-10-16(17)22-18(25)12-7-13-24-19(26)14-8-3-4-9-15(14)20(24)27/h3-6,8-11H,7,12-13H2,1-2H3,(H,22,25). The van der Waals surface area contributed by atoms with Crippen molar-refractivity contribution in [2.24, 2.45) is 0 Å². The number of nitrogens with zero attached hydrogens (tertiary/aromatic N) is 2. The van der Waals surface area contributed by atoms with Gasteiger partial charge in [0, 0.05) is 32.0 Å². The van der Waals surface area contributed by atoms with Crippen LogP contribution in [0.5, 0.6) is 0 Å². The molecular formula is C21H21N3O4S. The molecule has 0 fully saturated rings. The molecule has 0 spiro atoms. The van der Waals surface area contributed by atoms with E-state index in [1.54, 1.807) is 62.6 Å². The number of carbonyl (C=O) groups is 4. The second kappa shape index (κ2) is 8.91. The van der Waals surface area contributed by atoms with Crippen molar-refractivity contribution in [1.82, 2.24) is 9.80 Å². The van der Waals surface area contributed by atoms with Crippen LogP contribution in [-0.4, -0.2) is 53.4 Å². The summed E-state index contributed by atoms with van der Waals surface area (Å²) in [5.41, 5.74) is 1.36. The van der Waals surface area contributed by atoms with Crippen molar-refractivity contribution in [1.29, 1.82) is 0 Å². The summed E-state index contributed by atoms with van der Waals surface area (Å²) in [6.45, 7) is 0.176. The summed E-state index contributed by atoms with van der Waals surface area (Å²) in [5.74, 6) is -0.892. The molecule has 3 rings (SSSR count). The summed E-state index contributed by atoms with van der Waals surface area (Å²) in [6, 6.07) is 13.8. The fraction of sp³-hybridized carbons (Fsp3) is 0.238. The number of anilines is 1. The number of thioether (sulfide) groups is 1. The molecule has 8 heteroatoms. The van der Waals surface area contributed by atoms with E-state index in [2.05, 4.69) is 5.32 Å². The predicted molar refractivity (Wildman–Crippen MR) is 111 cm³/mol. The second-order valence-electron chi connectivity index (χ2n) is 6.72. The van der Waals surface area contributed by atoms with Crippen molar-refractivity contribution in [2.45, 2.75) is 17.7 Å². The number of imide groups is 1. The number of hydrogen-bond acceptors (Lipinski definition) is 5. The summed E-state index contributed by atoms with van der Waals surface area (Å²) >= 11 is 1.03. The summed E-state index contributed by atoms with van der Waals surface area (Å²) in [6.07, 6.45) is 0.497. The summed E-state index contributed by atoms with van der Waals surface area (Å²) in [5, 5.41) is 2.66. The molecule has 0 aromatic heterocycles. The van der Waals surface area contributed by atoms with Gasteiger partial charge in [-0.25, -0.2) is 0 Å². The summed E-state index contributed by atoms with van der Waals surface area (Å²) < 4.78 is 0. The van der Waals surface area contributed by atoms with Gasteiger partial charge in [-0.2, -0.15) is 0 Å². The minimum Gasteiger partial charge on any atom is -0.339 e. The molecule has 2 aromatic carbocycles. The van der Waals surface area contributed by atoms with Crippen LogP contribution in [0.25, 0.3) is 0 Å². The fourth-order valence-corrected chi connectivity index (χ4v) is 3.64. The lowest BCUT2D eigenvalue weighted by molar-refractivity contribution is -0.116. The molecule has 1 aliphatic rings. The number of amides is 4. The predicted octanol–water partition coefficient (Wildman–Crippen LogP) is 3.48. The van der Waals surface area contributed by atoms with E-state index in [0.29, 0.717) is 28.1 Å². The van der Waals surface area contributed by atoms with Crippen molar-refractivity contribution < 1.29 is 19.2 Å². The Morgan fingerprint density at radius 2 is 1.55 bits per heavy atom. The van der Waals surface area contributed by atoms with Gasteiger partial charge in [0.25, 0.3) is 17.1 Å². The third-order valence-corrected chi connectivity index (χ3v) is 5.50. The first kappa shape index (κ1) is 20.6. The maximum atomic E-state index is 12.3. The third-order valence-electron chi connectivity index (χ3n) is 4.39. The highest BCUT2D eigenvalue weighted by Gasteiger charge is 2.34. The number of fused-ring (bicyclic) bond motifs is 1. The van der Waals surface area contributed by atoms with E-state index < -0.39 is 0 Å². The second-order valence-corrected chi connectivity index (χ2v) is 7.71. The molecule has 0 saturated heterocycles. The maximum Gasteiger partial charge on any atom is 0.286 e. The van der Waals surface area contributed by atoms with Crippen molar-refractivity contribution in [3.05, 3.63) is 59.7 Å². The van der Waals surface area contributed by atoms with Crippen LogP contribution in [0.4, 0.5) is 10.5 Å². The summed E-state index contributed by atoms with van der Waals surface area (Å²) in [4.78, 5) is 52.2. The normalized spacial score (nSPS) is 12.7. The van der Waals surface area contributed by atoms with E-state index in [4.69, 9.17) is 0 Å². The Balaban J connectivity index is 1.55. The van der Waals surface area contributed by atoms with Gasteiger partial charge in [0.05, 0.1) is 16.8 Å². The Labute approximate surface area is 173 Å². The zero-order chi connectivity index (χ0) is 21.0. The number of nitrogens with one attached hydrogen (secondary N) is 1. The molecule has 0 saturated carbocycles. The number of para-hydroxylation sites is 1. The zero-order valence-electron chi connectivity index (χ0n) is 16.2. The molecule has 7 nitrogen and oxygen atoms in total. The molecule has 29 heavy (non-hydrogen) atoms. The average molecular weight is 411 g/mol. The molecule has 4 amide bonds. The van der Waals surface area contributed by atoms with Gasteiger partial charge >= 0.3 is 0 Å². The van der Waals surface area contributed by atoms with Gasteiger partial charge in [0.2, 0.25) is 5.91 Å². The zero-order valence-corrected chi connectivity index (χ0v) is 17.0. The van der Waals surface area contributed by atoms with Crippen LogP contribution >= 0.6 is 11.8 Å². The van der Waals surface area contributed by atoms with Crippen LogP contribution in [0.2, 0.25) is 0 Å². The van der Waals surface area contributed by atoms with Crippen molar-refractivity contribution >= 4 is 40.4 Å². The SMILES string of the molecule is CN(C)C(=O)Sc1ccccc1NC(=O)CCCN1C(=O)c2ccccc2C1=O. The first-order valence-corrected chi connectivity index (χ1v) is 9.93. The van der Waals surface area contributed by atoms with Crippen LogP contribution < -0.4 is 5.32 Å². The Morgan fingerprint density at radius 1 is 0.966 bits per heavy atom. The minimum absolute atomic E-state index is 0.141. The molecule has 0 atom stereocenters. The van der Waals surface area contributed by atoms with E-state index in [1.165, 1.54) is 9.80 Å². The van der Waals surface area contributed by atoms with E-state index in [1.807, 2.05) is 0 Å². The first-order valence-electron chi connectivity index (χ1n) is 9.11. The summed E-state index contributed by atoms with van der Waals surface area (Å²) in [7, 11) is 3.32. The molecular weight excluding hydrogens is 390 g/mol. The smallest absolute Gasteiger partial charge is 0.286 e. The highest BCUT2D eigenvalue weighted by atomic mass is 32.2. The van der Waals surface area contributed by atoms with Crippen LogP contribution in [0.3, 0.4) is 0 Å². The molecule has 0 unspecified atom stereocenters. The molecule has 1 aliphatic heterocycles. The molecule has 1 heterocycles. The highest BCUT2D eigenvalue weighted by molar-refractivity contribution is 8.13. The van der Waals surface area contributed by atoms with Gasteiger partial charge in [-0.3, -0.25) is 24.1 Å². The Kier molecular flexibility index (Phi) is 6.33. The van der Waals surface area contributed by atoms with Crippen molar-refractivity contribution in [3.8, 4) is 0 Å². The highest BCUT2D eigenvalue weighted by Crippen LogP contribution is 2.29. The number of hydrogen-bond donors (Lipinski definition) is 1. The minimum atomic E-state index is -0.324. The lowest BCUT2D eigenvalue weighted by atomic mass is 10.1. The van der Waals surface area contributed by atoms with Gasteiger partial charge in [-0.15, -0.1) is 0 Å². The third kappa shape index (κ3) is 4.65. The molecule has 0 aliphatic carbocycles. The molecule has 150 valence electrons. The van der Waals surface area contributed by atoms with Gasteiger partial charge < -0.3 is 10.2 Å². The molecule has 2 aromatic rings. The Bertz CT molecular complexity index is 939. The lowest BCUT2D eigenvalue weighted by Crippen LogP contribution is -2.31. The quantitative estimate of drug-likeness (QED) is 0.581. The van der Waals surface area contributed by atoms with Gasteiger partial charge in [-0.1, -0.05) is 24.3 Å². The van der Waals surface area contributed by atoms with E-state index >= 15 is 0 Å². The van der Waals surface area contributed by atoms with Crippen LogP contribution in [0.1, 0.15) is 33.6 Å². The van der Waals surface area contributed by atoms with E-state index in [0.717, 1.165) is 11.8 Å². The Morgan fingerprint density at radius 3 is 2.17 bits per heavy atom. The average Bonchev–Trinajstić information content (AvgIpc) is 2.94. The van der Waals surface area contributed by atoms with Gasteiger partial charge in [0.1, 0.15) is 0 Å².